The lowest BCUT2D eigenvalue weighted by molar-refractivity contribution is 0.0378. The van der Waals surface area contributed by atoms with E-state index in [0.717, 1.165) is 29.8 Å². The first-order valence-electron chi connectivity index (χ1n) is 12.1. The van der Waals surface area contributed by atoms with Crippen LogP contribution in [0.15, 0.2) is 109 Å². The fraction of sp³-hybridized carbons (Fsp3) is 0.219. The van der Waals surface area contributed by atoms with Crippen molar-refractivity contribution >= 4 is 5.97 Å². The number of rotatable bonds is 8. The number of esters is 1. The third kappa shape index (κ3) is 6.68. The molecule has 0 atom stereocenters. The van der Waals surface area contributed by atoms with E-state index in [2.05, 4.69) is 50.4 Å². The molecule has 4 aromatic rings. The zero-order valence-electron chi connectivity index (χ0n) is 20.7. The molecule has 0 spiro atoms. The predicted molar refractivity (Wildman–Crippen MR) is 142 cm³/mol. The number of carbonyl (C=O) groups is 1. The minimum absolute atomic E-state index is 0.164. The number of carbonyl (C=O) groups excluding carboxylic acids is 1. The maximum absolute atomic E-state index is 13.0. The van der Waals surface area contributed by atoms with Crippen LogP contribution in [0.25, 0.3) is 0 Å². The normalized spacial score (nSPS) is 11.4. The molecule has 3 nitrogen and oxygen atoms in total. The third-order valence-electron chi connectivity index (χ3n) is 6.10. The summed E-state index contributed by atoms with van der Waals surface area (Å²) in [4.78, 5) is 13.0. The largest absolute Gasteiger partial charge is 0.449 e. The highest BCUT2D eigenvalue weighted by atomic mass is 16.5. The van der Waals surface area contributed by atoms with Crippen molar-refractivity contribution in [3.8, 4) is 0 Å². The fourth-order valence-corrected chi connectivity index (χ4v) is 3.99. The first-order valence-corrected chi connectivity index (χ1v) is 12.1. The maximum Gasteiger partial charge on any atom is 0.339 e. The SMILES string of the molecule is CC(C)(C)c1ccc(CNCc2ccc(C(=O)OC(c3ccccc3)c3ccccc3)cc2)cc1. The second-order valence-corrected chi connectivity index (χ2v) is 9.85. The highest BCUT2D eigenvalue weighted by Crippen LogP contribution is 2.27. The molecule has 0 amide bonds. The van der Waals surface area contributed by atoms with Crippen LogP contribution >= 0.6 is 0 Å². The summed E-state index contributed by atoms with van der Waals surface area (Å²) in [6, 6.07) is 36.1. The van der Waals surface area contributed by atoms with E-state index in [1.54, 1.807) is 0 Å². The summed E-state index contributed by atoms with van der Waals surface area (Å²) in [5.41, 5.74) is 6.32. The molecule has 0 radical (unpaired) electrons. The van der Waals surface area contributed by atoms with Crippen molar-refractivity contribution in [3.05, 3.63) is 143 Å². The third-order valence-corrected chi connectivity index (χ3v) is 6.10. The van der Waals surface area contributed by atoms with E-state index in [0.29, 0.717) is 5.56 Å². The second-order valence-electron chi connectivity index (χ2n) is 9.85. The van der Waals surface area contributed by atoms with Gasteiger partial charge in [-0.1, -0.05) is 118 Å². The van der Waals surface area contributed by atoms with Gasteiger partial charge in [0.25, 0.3) is 0 Å². The molecule has 178 valence electrons. The number of hydrogen-bond donors (Lipinski definition) is 1. The molecule has 0 fully saturated rings. The van der Waals surface area contributed by atoms with Crippen LogP contribution in [0, 0.1) is 0 Å². The van der Waals surface area contributed by atoms with Crippen LogP contribution in [0.2, 0.25) is 0 Å². The monoisotopic (exact) mass is 463 g/mol. The molecule has 35 heavy (non-hydrogen) atoms. The summed E-state index contributed by atoms with van der Waals surface area (Å²) >= 11 is 0. The molecule has 0 heterocycles. The van der Waals surface area contributed by atoms with E-state index in [1.165, 1.54) is 11.1 Å². The van der Waals surface area contributed by atoms with Gasteiger partial charge in [0.2, 0.25) is 0 Å². The molecule has 0 saturated carbocycles. The summed E-state index contributed by atoms with van der Waals surface area (Å²) in [6.45, 7) is 8.20. The number of benzene rings is 4. The van der Waals surface area contributed by atoms with E-state index in [1.807, 2.05) is 84.9 Å². The predicted octanol–water partition coefficient (Wildman–Crippen LogP) is 7.22. The summed E-state index contributed by atoms with van der Waals surface area (Å²) < 4.78 is 5.97. The van der Waals surface area contributed by atoms with Crippen molar-refractivity contribution in [2.24, 2.45) is 0 Å². The van der Waals surface area contributed by atoms with E-state index in [9.17, 15) is 4.79 Å². The zero-order chi connectivity index (χ0) is 24.7. The van der Waals surface area contributed by atoms with Gasteiger partial charge < -0.3 is 10.1 Å². The van der Waals surface area contributed by atoms with Gasteiger partial charge in [-0.3, -0.25) is 0 Å². The van der Waals surface area contributed by atoms with Crippen LogP contribution in [-0.4, -0.2) is 5.97 Å². The van der Waals surface area contributed by atoms with Crippen LogP contribution in [0.4, 0.5) is 0 Å². The van der Waals surface area contributed by atoms with Gasteiger partial charge in [0.05, 0.1) is 5.56 Å². The summed E-state index contributed by atoms with van der Waals surface area (Å²) in [5.74, 6) is -0.332. The summed E-state index contributed by atoms with van der Waals surface area (Å²) in [7, 11) is 0. The highest BCUT2D eigenvalue weighted by Gasteiger charge is 2.20. The molecule has 0 aromatic heterocycles. The maximum atomic E-state index is 13.0. The lowest BCUT2D eigenvalue weighted by atomic mass is 9.87. The zero-order valence-corrected chi connectivity index (χ0v) is 20.7. The molecular weight excluding hydrogens is 430 g/mol. The number of nitrogens with one attached hydrogen (secondary N) is 1. The average Bonchev–Trinajstić information content (AvgIpc) is 2.88. The average molecular weight is 464 g/mol. The van der Waals surface area contributed by atoms with E-state index in [4.69, 9.17) is 4.74 Å². The van der Waals surface area contributed by atoms with Crippen molar-refractivity contribution in [3.63, 3.8) is 0 Å². The minimum atomic E-state index is -0.448. The van der Waals surface area contributed by atoms with E-state index >= 15 is 0 Å². The van der Waals surface area contributed by atoms with Crippen molar-refractivity contribution in [2.45, 2.75) is 45.4 Å². The number of ether oxygens (including phenoxy) is 1. The Balaban J connectivity index is 1.36. The van der Waals surface area contributed by atoms with Gasteiger partial charge >= 0.3 is 5.97 Å². The molecule has 0 aliphatic heterocycles. The van der Waals surface area contributed by atoms with Crippen LogP contribution in [0.1, 0.15) is 65.1 Å². The Bertz CT molecular complexity index is 1170. The lowest BCUT2D eigenvalue weighted by Crippen LogP contribution is -2.15. The molecule has 0 aliphatic carbocycles. The number of hydrogen-bond acceptors (Lipinski definition) is 3. The topological polar surface area (TPSA) is 38.3 Å². The smallest absolute Gasteiger partial charge is 0.339 e. The Morgan fingerprint density at radius 2 is 1.14 bits per heavy atom. The lowest BCUT2D eigenvalue weighted by Gasteiger charge is -2.19. The Kier molecular flexibility index (Phi) is 7.79. The molecule has 0 bridgehead atoms. The Morgan fingerprint density at radius 1 is 0.686 bits per heavy atom. The summed E-state index contributed by atoms with van der Waals surface area (Å²) in [6.07, 6.45) is -0.448. The van der Waals surface area contributed by atoms with Crippen molar-refractivity contribution in [1.29, 1.82) is 0 Å². The van der Waals surface area contributed by atoms with Gasteiger partial charge in [-0.2, -0.15) is 0 Å². The highest BCUT2D eigenvalue weighted by molar-refractivity contribution is 5.89. The van der Waals surface area contributed by atoms with Gasteiger partial charge in [0.15, 0.2) is 6.10 Å². The van der Waals surface area contributed by atoms with Crippen LogP contribution in [0.5, 0.6) is 0 Å². The van der Waals surface area contributed by atoms with Crippen molar-refractivity contribution in [2.75, 3.05) is 0 Å². The fourth-order valence-electron chi connectivity index (χ4n) is 3.99. The minimum Gasteiger partial charge on any atom is -0.449 e. The Morgan fingerprint density at radius 3 is 1.60 bits per heavy atom. The van der Waals surface area contributed by atoms with Gasteiger partial charge in [0.1, 0.15) is 0 Å². The molecule has 0 unspecified atom stereocenters. The standard InChI is InChI=1S/C32H33NO2/c1-32(2,3)29-20-16-25(17-21-29)23-33-22-24-14-18-28(19-15-24)31(34)35-30(26-10-6-4-7-11-26)27-12-8-5-9-13-27/h4-21,30,33H,22-23H2,1-3H3. The molecule has 0 saturated heterocycles. The van der Waals surface area contributed by atoms with Gasteiger partial charge in [0, 0.05) is 13.1 Å². The van der Waals surface area contributed by atoms with Crippen LogP contribution in [0.3, 0.4) is 0 Å². The summed E-state index contributed by atoms with van der Waals surface area (Å²) in [5, 5.41) is 3.48. The first-order chi connectivity index (χ1) is 16.9. The van der Waals surface area contributed by atoms with E-state index < -0.39 is 6.10 Å². The van der Waals surface area contributed by atoms with Crippen LogP contribution in [-0.2, 0) is 23.2 Å². The molecule has 4 rings (SSSR count). The van der Waals surface area contributed by atoms with Crippen molar-refractivity contribution in [1.82, 2.24) is 5.32 Å². The molecule has 4 aromatic carbocycles. The molecule has 3 heteroatoms. The van der Waals surface area contributed by atoms with Gasteiger partial charge in [-0.15, -0.1) is 0 Å². The molecular formula is C32H33NO2. The second kappa shape index (κ2) is 11.2. The molecule has 0 aliphatic rings. The van der Waals surface area contributed by atoms with Crippen molar-refractivity contribution < 1.29 is 9.53 Å². The van der Waals surface area contributed by atoms with Gasteiger partial charge in [-0.05, 0) is 45.4 Å². The Hall–Kier alpha value is -3.69. The van der Waals surface area contributed by atoms with E-state index in [-0.39, 0.29) is 11.4 Å². The van der Waals surface area contributed by atoms with Gasteiger partial charge in [-0.25, -0.2) is 4.79 Å². The Labute approximate surface area is 208 Å². The van der Waals surface area contributed by atoms with Crippen LogP contribution < -0.4 is 5.32 Å². The first kappa shape index (κ1) is 24.4. The quantitative estimate of drug-likeness (QED) is 0.280. The molecule has 1 N–H and O–H groups in total.